The molecule has 6 aliphatic rings. The standard InChI is InChI=1S/C82H100N2O2S2.C2H6/c1-9-14-18-22-26-30-44-81(45-31-27-23-19-15-10-2)66-50-56(13-5)34-36-60(66)64-51-57-42-48-83-76(62(57)54-68(64)81)74-75(79(83)86)77-63-55-69-65(52-58(63)43-49-84(77)78(74)85)61-37-35-59(70-38-39-71(87-70)72-40-41-73(88-72)80(6,7)8)53-67(61)82(69,46-32-28-24-20-16-11-3)47-33-29-25-21-17-12-4;1-2/h34-43,48-55H,9-33,44-47H2,1-8H3;1-2H3. The molecular weight excluding hydrogens is 1130 g/mol. The maximum absolute atomic E-state index is 15.7. The van der Waals surface area contributed by atoms with Crippen LogP contribution in [-0.2, 0) is 32.3 Å². The summed E-state index contributed by atoms with van der Waals surface area (Å²) < 4.78 is 0. The highest BCUT2D eigenvalue weighted by Gasteiger charge is 2.52. The monoisotopic (exact) mass is 1240 g/mol. The summed E-state index contributed by atoms with van der Waals surface area (Å²) in [7, 11) is 0. The van der Waals surface area contributed by atoms with Gasteiger partial charge in [0.1, 0.15) is 0 Å². The quantitative estimate of drug-likeness (QED) is 0.0407. The van der Waals surface area contributed by atoms with E-state index in [1.165, 1.54) is 229 Å². The van der Waals surface area contributed by atoms with E-state index in [1.807, 2.05) is 58.7 Å². The number of thiophene rings is 2. The Bertz CT molecular complexity index is 3660. The number of carbonyl (C=O) groups is 2. The molecule has 6 heterocycles. The lowest BCUT2D eigenvalue weighted by molar-refractivity contribution is -0.122. The third-order valence-corrected chi connectivity index (χ3v) is 24.1. The SMILES string of the molecule is CC.CCCCCCCCC1(CCCCCCCC)c2cc(CC)ccc2-c2cc3c(cc21)C1=C2C(=O)N4C=Cc5cc6c(cc5C4=C2C(=O)N1C=C3)C(CCCCCCCC)(CCCCCCCC)c1cc(-c2ccc(-c3ccc(C(C)(C)C)s3)s2)ccc1-6. The molecule has 2 amide bonds. The molecule has 2 aliphatic carbocycles. The molecule has 0 saturated carbocycles. The number of carbonyl (C=O) groups excluding carboxylic acids is 2. The average Bonchev–Trinajstić information content (AvgIpc) is 1.53. The van der Waals surface area contributed by atoms with Crippen LogP contribution in [0.1, 0.15) is 304 Å². The Morgan fingerprint density at radius 3 is 1.21 bits per heavy atom. The first kappa shape index (κ1) is 65.7. The molecule has 4 aromatic carbocycles. The van der Waals surface area contributed by atoms with E-state index in [4.69, 9.17) is 0 Å². The number of hydrogen-bond donors (Lipinski definition) is 0. The third kappa shape index (κ3) is 12.5. The zero-order valence-corrected chi connectivity index (χ0v) is 58.6. The van der Waals surface area contributed by atoms with Gasteiger partial charge in [-0.3, -0.25) is 19.4 Å². The Kier molecular flexibility index (Phi) is 21.2. The van der Waals surface area contributed by atoms with Crippen LogP contribution >= 0.6 is 22.7 Å². The maximum Gasteiger partial charge on any atom is 0.265 e. The van der Waals surface area contributed by atoms with Crippen LogP contribution in [-0.4, -0.2) is 21.6 Å². The lowest BCUT2D eigenvalue weighted by Crippen LogP contribution is -2.28. The summed E-state index contributed by atoms with van der Waals surface area (Å²) in [5.41, 5.74) is 20.5. The van der Waals surface area contributed by atoms with Gasteiger partial charge in [-0.2, -0.15) is 0 Å². The highest BCUT2D eigenvalue weighted by Crippen LogP contribution is 2.61. The van der Waals surface area contributed by atoms with E-state index >= 15 is 9.59 Å². The summed E-state index contributed by atoms with van der Waals surface area (Å²) >= 11 is 3.85. The number of nitrogens with zero attached hydrogens (tertiary/aromatic N) is 2. The first-order chi connectivity index (χ1) is 43.9. The van der Waals surface area contributed by atoms with E-state index in [0.29, 0.717) is 11.1 Å². The van der Waals surface area contributed by atoms with Gasteiger partial charge < -0.3 is 0 Å². The molecule has 476 valence electrons. The molecule has 0 saturated heterocycles. The van der Waals surface area contributed by atoms with E-state index in [9.17, 15) is 0 Å². The van der Waals surface area contributed by atoms with Crippen LogP contribution in [0.25, 0.3) is 66.0 Å². The van der Waals surface area contributed by atoms with Crippen molar-refractivity contribution in [2.45, 2.75) is 272 Å². The zero-order chi connectivity index (χ0) is 63.2. The van der Waals surface area contributed by atoms with Gasteiger partial charge in [0.25, 0.3) is 11.8 Å². The van der Waals surface area contributed by atoms with Crippen molar-refractivity contribution in [2.75, 3.05) is 0 Å². The third-order valence-electron chi connectivity index (χ3n) is 21.2. The van der Waals surface area contributed by atoms with Crippen LogP contribution < -0.4 is 0 Å². The fourth-order valence-electron chi connectivity index (χ4n) is 16.3. The van der Waals surface area contributed by atoms with Gasteiger partial charge in [-0.25, -0.2) is 0 Å². The minimum atomic E-state index is -0.214. The lowest BCUT2D eigenvalue weighted by atomic mass is 9.69. The molecule has 4 aliphatic heterocycles. The molecule has 0 fully saturated rings. The molecule has 6 aromatic rings. The van der Waals surface area contributed by atoms with Gasteiger partial charge in [0.05, 0.1) is 22.5 Å². The summed E-state index contributed by atoms with van der Waals surface area (Å²) in [4.78, 5) is 40.5. The molecule has 90 heavy (non-hydrogen) atoms. The molecule has 0 atom stereocenters. The van der Waals surface area contributed by atoms with Gasteiger partial charge in [0.2, 0.25) is 0 Å². The Hall–Kier alpha value is -5.82. The van der Waals surface area contributed by atoms with E-state index in [-0.39, 0.29) is 28.1 Å². The molecule has 2 aromatic heterocycles. The van der Waals surface area contributed by atoms with E-state index in [0.717, 1.165) is 65.8 Å². The van der Waals surface area contributed by atoms with Gasteiger partial charge >= 0.3 is 0 Å². The van der Waals surface area contributed by atoms with Crippen LogP contribution in [0.3, 0.4) is 0 Å². The molecule has 0 spiro atoms. The largest absolute Gasteiger partial charge is 0.282 e. The van der Waals surface area contributed by atoms with Crippen LogP contribution in [0.5, 0.6) is 0 Å². The molecule has 0 radical (unpaired) electrons. The Balaban J connectivity index is 0.00000413. The van der Waals surface area contributed by atoms with Crippen LogP contribution in [0.4, 0.5) is 0 Å². The van der Waals surface area contributed by atoms with Crippen molar-refractivity contribution in [2.24, 2.45) is 0 Å². The summed E-state index contributed by atoms with van der Waals surface area (Å²) in [6.07, 6.45) is 43.8. The van der Waals surface area contributed by atoms with Crippen molar-refractivity contribution in [3.8, 4) is 42.4 Å². The molecular formula is C84H106N2O2S2. The number of fused-ring (bicyclic) bond motifs is 13. The molecule has 0 bridgehead atoms. The molecule has 0 N–H and O–H groups in total. The summed E-state index contributed by atoms with van der Waals surface area (Å²) in [5, 5.41) is 0. The van der Waals surface area contributed by atoms with Gasteiger partial charge in [-0.1, -0.05) is 254 Å². The van der Waals surface area contributed by atoms with Crippen molar-refractivity contribution in [3.63, 3.8) is 0 Å². The Morgan fingerprint density at radius 1 is 0.389 bits per heavy atom. The maximum atomic E-state index is 15.7. The van der Waals surface area contributed by atoms with Crippen molar-refractivity contribution in [1.29, 1.82) is 0 Å². The minimum absolute atomic E-state index is 0.0906. The number of hydrogen-bond acceptors (Lipinski definition) is 4. The molecule has 6 heteroatoms. The second-order valence-electron chi connectivity index (χ2n) is 28.2. The van der Waals surface area contributed by atoms with Gasteiger partial charge in [-0.15, -0.1) is 22.7 Å². The van der Waals surface area contributed by atoms with Crippen molar-refractivity contribution in [1.82, 2.24) is 9.80 Å². The van der Waals surface area contributed by atoms with Crippen molar-refractivity contribution >= 4 is 58.0 Å². The predicted octanol–water partition coefficient (Wildman–Crippen LogP) is 25.3. The normalized spacial score (nSPS) is 15.8. The van der Waals surface area contributed by atoms with Crippen LogP contribution in [0.2, 0.25) is 0 Å². The second-order valence-corrected chi connectivity index (χ2v) is 30.4. The fraction of sp³-hybridized carbons (Fsp3) is 0.500. The van der Waals surface area contributed by atoms with Crippen molar-refractivity contribution in [3.05, 3.63) is 163 Å². The number of amides is 2. The molecule has 0 unspecified atom stereocenters. The average molecular weight is 1240 g/mol. The smallest absolute Gasteiger partial charge is 0.265 e. The Morgan fingerprint density at radius 2 is 0.778 bits per heavy atom. The highest BCUT2D eigenvalue weighted by molar-refractivity contribution is 7.24. The predicted molar refractivity (Wildman–Crippen MR) is 389 cm³/mol. The van der Waals surface area contributed by atoms with E-state index < -0.39 is 0 Å². The first-order valence-corrected chi connectivity index (χ1v) is 37.9. The van der Waals surface area contributed by atoms with Gasteiger partial charge in [0.15, 0.2) is 0 Å². The number of benzene rings is 4. The number of unbranched alkanes of at least 4 members (excludes halogenated alkanes) is 20. The fourth-order valence-corrected chi connectivity index (χ4v) is 18.5. The van der Waals surface area contributed by atoms with Crippen LogP contribution in [0.15, 0.2) is 108 Å². The summed E-state index contributed by atoms with van der Waals surface area (Å²) in [5.74, 6) is -0.181. The highest BCUT2D eigenvalue weighted by atomic mass is 32.1. The lowest BCUT2D eigenvalue weighted by Gasteiger charge is -2.34. The van der Waals surface area contributed by atoms with Crippen LogP contribution in [0, 0.1) is 0 Å². The number of rotatable bonds is 31. The molecule has 12 rings (SSSR count). The van der Waals surface area contributed by atoms with E-state index in [1.54, 1.807) is 0 Å². The van der Waals surface area contributed by atoms with Gasteiger partial charge in [0, 0.05) is 53.9 Å². The topological polar surface area (TPSA) is 40.6 Å². The van der Waals surface area contributed by atoms with Gasteiger partial charge in [-0.05, 0) is 171 Å². The summed E-state index contributed by atoms with van der Waals surface area (Å²) in [6.45, 7) is 22.5. The zero-order valence-electron chi connectivity index (χ0n) is 56.9. The first-order valence-electron chi connectivity index (χ1n) is 36.3. The minimum Gasteiger partial charge on any atom is -0.282 e. The second kappa shape index (κ2) is 29.0. The molecule has 4 nitrogen and oxygen atoms in total. The number of aryl methyl sites for hydroxylation is 1. The summed E-state index contributed by atoms with van der Waals surface area (Å²) in [6, 6.07) is 34.0. The Labute approximate surface area is 551 Å². The van der Waals surface area contributed by atoms with Crippen molar-refractivity contribution < 1.29 is 9.59 Å². The van der Waals surface area contributed by atoms with E-state index in [2.05, 4.69) is 152 Å².